The normalized spacial score (nSPS) is 25.2. The second-order valence-corrected chi connectivity index (χ2v) is 5.08. The maximum Gasteiger partial charge on any atom is 0.0456 e. The van der Waals surface area contributed by atoms with Crippen LogP contribution in [-0.2, 0) is 0 Å². The van der Waals surface area contributed by atoms with Crippen molar-refractivity contribution < 1.29 is 0 Å². The Morgan fingerprint density at radius 2 is 2.00 bits per heavy atom. The van der Waals surface area contributed by atoms with Crippen molar-refractivity contribution >= 4 is 10.9 Å². The minimum absolute atomic E-state index is 0.642. The molecule has 1 aliphatic rings. The predicted octanol–water partition coefficient (Wildman–Crippen LogP) is 3.41. The van der Waals surface area contributed by atoms with Crippen LogP contribution in [0.5, 0.6) is 0 Å². The molecule has 2 atom stereocenters. The highest BCUT2D eigenvalue weighted by molar-refractivity contribution is 5.83. The first kappa shape index (κ1) is 10.8. The van der Waals surface area contributed by atoms with Crippen molar-refractivity contribution in [2.45, 2.75) is 37.6 Å². The predicted molar refractivity (Wildman–Crippen MR) is 72.4 cm³/mol. The van der Waals surface area contributed by atoms with Crippen LogP contribution in [0.1, 0.15) is 37.2 Å². The molecule has 90 valence electrons. The lowest BCUT2D eigenvalue weighted by Gasteiger charge is -2.31. The number of benzene rings is 1. The van der Waals surface area contributed by atoms with Crippen molar-refractivity contribution in [3.63, 3.8) is 0 Å². The second-order valence-electron chi connectivity index (χ2n) is 5.08. The molecule has 1 aliphatic carbocycles. The topological polar surface area (TPSA) is 27.8 Å². The van der Waals surface area contributed by atoms with E-state index in [4.69, 9.17) is 0 Å². The summed E-state index contributed by atoms with van der Waals surface area (Å²) in [6, 6.07) is 9.28. The van der Waals surface area contributed by atoms with Gasteiger partial charge >= 0.3 is 0 Å². The Labute approximate surface area is 102 Å². The highest BCUT2D eigenvalue weighted by atomic mass is 14.9. The fraction of sp³-hybridized carbons (Fsp3) is 0.467. The molecule has 1 aromatic heterocycles. The van der Waals surface area contributed by atoms with Crippen LogP contribution in [0, 0.1) is 0 Å². The molecule has 2 nitrogen and oxygen atoms in total. The van der Waals surface area contributed by atoms with Crippen molar-refractivity contribution in [2.24, 2.45) is 0 Å². The van der Waals surface area contributed by atoms with Gasteiger partial charge in [-0.25, -0.2) is 0 Å². The fourth-order valence-electron chi connectivity index (χ4n) is 3.25. The quantitative estimate of drug-likeness (QED) is 0.810. The van der Waals surface area contributed by atoms with Gasteiger partial charge in [-0.2, -0.15) is 0 Å². The van der Waals surface area contributed by atoms with Crippen LogP contribution in [-0.4, -0.2) is 18.1 Å². The van der Waals surface area contributed by atoms with Crippen molar-refractivity contribution in [3.8, 4) is 0 Å². The van der Waals surface area contributed by atoms with E-state index in [1.165, 1.54) is 42.1 Å². The van der Waals surface area contributed by atoms with Gasteiger partial charge in [0, 0.05) is 29.1 Å². The van der Waals surface area contributed by atoms with Gasteiger partial charge in [0.05, 0.1) is 0 Å². The number of likely N-dealkylation sites (N-methyl/N-ethyl adjacent to an activating group) is 1. The van der Waals surface area contributed by atoms with E-state index in [0.29, 0.717) is 12.0 Å². The number of aromatic nitrogens is 1. The number of aromatic amines is 1. The van der Waals surface area contributed by atoms with Gasteiger partial charge in [-0.15, -0.1) is 0 Å². The number of hydrogen-bond acceptors (Lipinski definition) is 1. The van der Waals surface area contributed by atoms with E-state index < -0.39 is 0 Å². The average Bonchev–Trinajstić information content (AvgIpc) is 2.82. The minimum Gasteiger partial charge on any atom is -0.361 e. The van der Waals surface area contributed by atoms with E-state index in [1.807, 2.05) is 0 Å². The van der Waals surface area contributed by atoms with Gasteiger partial charge in [-0.1, -0.05) is 31.0 Å². The summed E-state index contributed by atoms with van der Waals surface area (Å²) in [5.41, 5.74) is 2.77. The molecule has 17 heavy (non-hydrogen) atoms. The zero-order valence-electron chi connectivity index (χ0n) is 10.4. The van der Waals surface area contributed by atoms with E-state index in [1.54, 1.807) is 0 Å². The van der Waals surface area contributed by atoms with E-state index >= 15 is 0 Å². The van der Waals surface area contributed by atoms with Crippen molar-refractivity contribution in [1.29, 1.82) is 0 Å². The number of para-hydroxylation sites is 1. The van der Waals surface area contributed by atoms with Gasteiger partial charge < -0.3 is 10.3 Å². The van der Waals surface area contributed by atoms with Crippen molar-refractivity contribution in [2.75, 3.05) is 7.05 Å². The van der Waals surface area contributed by atoms with E-state index in [2.05, 4.69) is 47.8 Å². The number of H-pyrrole nitrogens is 1. The van der Waals surface area contributed by atoms with Gasteiger partial charge in [-0.05, 0) is 31.5 Å². The van der Waals surface area contributed by atoms with Crippen LogP contribution in [0.2, 0.25) is 0 Å². The Morgan fingerprint density at radius 3 is 2.88 bits per heavy atom. The second kappa shape index (κ2) is 4.53. The minimum atomic E-state index is 0.642. The molecule has 2 N–H and O–H groups in total. The molecule has 1 saturated carbocycles. The van der Waals surface area contributed by atoms with Crippen LogP contribution in [0.4, 0.5) is 0 Å². The smallest absolute Gasteiger partial charge is 0.0456 e. The summed E-state index contributed by atoms with van der Waals surface area (Å²) >= 11 is 0. The molecular weight excluding hydrogens is 208 g/mol. The van der Waals surface area contributed by atoms with Crippen LogP contribution < -0.4 is 5.32 Å². The zero-order valence-corrected chi connectivity index (χ0v) is 10.4. The molecule has 1 aromatic carbocycles. The standard InChI is InChI=1S/C15H20N2/c1-16-14-8-4-2-6-11(14)13-10-17-15-9-5-3-7-12(13)15/h3,5,7,9-11,14,16-17H,2,4,6,8H2,1H3/t11-,14-/m1/s1. The first-order chi connectivity index (χ1) is 8.40. The maximum absolute atomic E-state index is 3.49. The van der Waals surface area contributed by atoms with E-state index in [0.717, 1.165) is 0 Å². The summed E-state index contributed by atoms with van der Waals surface area (Å²) in [5.74, 6) is 0.671. The third-order valence-corrected chi connectivity index (χ3v) is 4.16. The molecule has 0 aliphatic heterocycles. The number of rotatable bonds is 2. The highest BCUT2D eigenvalue weighted by Gasteiger charge is 2.26. The Balaban J connectivity index is 2.01. The lowest BCUT2D eigenvalue weighted by atomic mass is 9.80. The molecule has 0 unspecified atom stereocenters. The average molecular weight is 228 g/mol. The van der Waals surface area contributed by atoms with Crippen molar-refractivity contribution in [3.05, 3.63) is 36.0 Å². The van der Waals surface area contributed by atoms with Gasteiger partial charge in [0.25, 0.3) is 0 Å². The molecule has 0 saturated heterocycles. The third-order valence-electron chi connectivity index (χ3n) is 4.16. The van der Waals surface area contributed by atoms with Crippen LogP contribution in [0.15, 0.2) is 30.5 Å². The molecule has 3 rings (SSSR count). The summed E-state index contributed by atoms with van der Waals surface area (Å²) < 4.78 is 0. The molecule has 0 bridgehead atoms. The summed E-state index contributed by atoms with van der Waals surface area (Å²) in [7, 11) is 2.10. The first-order valence-electron chi connectivity index (χ1n) is 6.63. The Morgan fingerprint density at radius 1 is 1.18 bits per heavy atom. The maximum atomic E-state index is 3.49. The Bertz CT molecular complexity index is 500. The summed E-state index contributed by atoms with van der Waals surface area (Å²) in [6.07, 6.45) is 7.56. The summed E-state index contributed by atoms with van der Waals surface area (Å²) in [6.45, 7) is 0. The lowest BCUT2D eigenvalue weighted by Crippen LogP contribution is -2.34. The van der Waals surface area contributed by atoms with Gasteiger partial charge in [0.2, 0.25) is 0 Å². The van der Waals surface area contributed by atoms with Crippen LogP contribution in [0.3, 0.4) is 0 Å². The first-order valence-corrected chi connectivity index (χ1v) is 6.63. The SMILES string of the molecule is CN[C@@H]1CCCC[C@@H]1c1c[nH]c2ccccc12. The monoisotopic (exact) mass is 228 g/mol. The van der Waals surface area contributed by atoms with E-state index in [9.17, 15) is 0 Å². The molecular formula is C15H20N2. The lowest BCUT2D eigenvalue weighted by molar-refractivity contribution is 0.345. The zero-order chi connectivity index (χ0) is 11.7. The Kier molecular flexibility index (Phi) is 2.89. The summed E-state index contributed by atoms with van der Waals surface area (Å²) in [5, 5.41) is 4.90. The number of fused-ring (bicyclic) bond motifs is 1. The van der Waals surface area contributed by atoms with Crippen LogP contribution in [0.25, 0.3) is 10.9 Å². The van der Waals surface area contributed by atoms with Crippen molar-refractivity contribution in [1.82, 2.24) is 10.3 Å². The molecule has 0 spiro atoms. The number of hydrogen-bond donors (Lipinski definition) is 2. The Hall–Kier alpha value is -1.28. The molecule has 0 radical (unpaired) electrons. The van der Waals surface area contributed by atoms with Crippen LogP contribution >= 0.6 is 0 Å². The van der Waals surface area contributed by atoms with E-state index in [-0.39, 0.29) is 0 Å². The highest BCUT2D eigenvalue weighted by Crippen LogP contribution is 2.36. The third kappa shape index (κ3) is 1.87. The molecule has 1 heterocycles. The molecule has 0 amide bonds. The fourth-order valence-corrected chi connectivity index (χ4v) is 3.25. The number of nitrogens with one attached hydrogen (secondary N) is 2. The largest absolute Gasteiger partial charge is 0.361 e. The molecule has 1 fully saturated rings. The molecule has 2 heteroatoms. The van der Waals surface area contributed by atoms with Gasteiger partial charge in [0.15, 0.2) is 0 Å². The van der Waals surface area contributed by atoms with Gasteiger partial charge in [0.1, 0.15) is 0 Å². The summed E-state index contributed by atoms with van der Waals surface area (Å²) in [4.78, 5) is 3.40. The molecule has 2 aromatic rings. The van der Waals surface area contributed by atoms with Gasteiger partial charge in [-0.3, -0.25) is 0 Å².